The first-order valence-electron chi connectivity index (χ1n) is 5.81. The highest BCUT2D eigenvalue weighted by molar-refractivity contribution is 5.94. The number of aromatic nitrogens is 1. The van der Waals surface area contributed by atoms with Crippen molar-refractivity contribution in [1.29, 1.82) is 0 Å². The van der Waals surface area contributed by atoms with Gasteiger partial charge in [0.1, 0.15) is 5.69 Å². The standard InChI is InChI=1S/C12H15N3O3/c1-8-7-15(6-5-9(8)14-18)12(17)10-3-2-4-11(16)13-10/h2-4,8,18H,5-7H2,1H3,(H,13,16)/b14-9+. The number of nitrogens with zero attached hydrogens (tertiary/aromatic N) is 2. The normalized spacial score (nSPS) is 22.2. The highest BCUT2D eigenvalue weighted by Gasteiger charge is 2.26. The summed E-state index contributed by atoms with van der Waals surface area (Å²) in [5.41, 5.74) is 0.711. The lowest BCUT2D eigenvalue weighted by molar-refractivity contribution is 0.0727. The third-order valence-corrected chi connectivity index (χ3v) is 3.12. The van der Waals surface area contributed by atoms with Gasteiger partial charge in [-0.1, -0.05) is 18.1 Å². The number of carbonyl (C=O) groups excluding carboxylic acids is 1. The average Bonchev–Trinajstić information content (AvgIpc) is 2.37. The third kappa shape index (κ3) is 2.42. The molecule has 1 unspecified atom stereocenters. The van der Waals surface area contributed by atoms with Crippen molar-refractivity contribution in [2.24, 2.45) is 11.1 Å². The first kappa shape index (κ1) is 12.3. The Morgan fingerprint density at radius 3 is 2.94 bits per heavy atom. The van der Waals surface area contributed by atoms with Crippen LogP contribution in [0.4, 0.5) is 0 Å². The quantitative estimate of drug-likeness (QED) is 0.567. The van der Waals surface area contributed by atoms with Gasteiger partial charge < -0.3 is 15.1 Å². The molecule has 0 spiro atoms. The Hall–Kier alpha value is -2.11. The average molecular weight is 249 g/mol. The molecule has 18 heavy (non-hydrogen) atoms. The van der Waals surface area contributed by atoms with E-state index in [0.717, 1.165) is 0 Å². The van der Waals surface area contributed by atoms with E-state index in [0.29, 0.717) is 30.9 Å². The summed E-state index contributed by atoms with van der Waals surface area (Å²) in [6.07, 6.45) is 0.556. The Labute approximate surface area is 104 Å². The van der Waals surface area contributed by atoms with Crippen LogP contribution in [0.1, 0.15) is 23.8 Å². The van der Waals surface area contributed by atoms with E-state index >= 15 is 0 Å². The van der Waals surface area contributed by atoms with Gasteiger partial charge in [0.05, 0.1) is 5.71 Å². The summed E-state index contributed by atoms with van der Waals surface area (Å²) < 4.78 is 0. The molecule has 1 amide bonds. The molecule has 96 valence electrons. The van der Waals surface area contributed by atoms with Crippen molar-refractivity contribution in [3.63, 3.8) is 0 Å². The van der Waals surface area contributed by atoms with Crippen LogP contribution in [0.5, 0.6) is 0 Å². The largest absolute Gasteiger partial charge is 0.411 e. The van der Waals surface area contributed by atoms with Crippen molar-refractivity contribution >= 4 is 11.6 Å². The van der Waals surface area contributed by atoms with Gasteiger partial charge in [0.15, 0.2) is 0 Å². The number of carbonyl (C=O) groups is 1. The number of H-pyrrole nitrogens is 1. The molecule has 1 aromatic rings. The molecule has 6 nitrogen and oxygen atoms in total. The van der Waals surface area contributed by atoms with Crippen molar-refractivity contribution in [3.8, 4) is 0 Å². The molecule has 1 aliphatic heterocycles. The minimum atomic E-state index is -0.288. The molecule has 2 rings (SSSR count). The van der Waals surface area contributed by atoms with E-state index in [2.05, 4.69) is 10.1 Å². The van der Waals surface area contributed by atoms with Crippen LogP contribution in [0.2, 0.25) is 0 Å². The first-order chi connectivity index (χ1) is 8.61. The number of oxime groups is 1. The molecule has 0 aliphatic carbocycles. The van der Waals surface area contributed by atoms with Gasteiger partial charge in [-0.2, -0.15) is 0 Å². The second kappa shape index (κ2) is 5.03. The van der Waals surface area contributed by atoms with Gasteiger partial charge in [-0.05, 0) is 6.07 Å². The molecule has 1 aromatic heterocycles. The minimum Gasteiger partial charge on any atom is -0.411 e. The minimum absolute atomic E-state index is 0.0307. The number of piperidine rings is 1. The zero-order valence-electron chi connectivity index (χ0n) is 10.1. The predicted octanol–water partition coefficient (Wildman–Crippen LogP) is 0.687. The molecule has 1 fully saturated rings. The van der Waals surface area contributed by atoms with E-state index in [9.17, 15) is 9.59 Å². The van der Waals surface area contributed by atoms with Crippen LogP contribution in [0.3, 0.4) is 0 Å². The lowest BCUT2D eigenvalue weighted by Crippen LogP contribution is -2.43. The summed E-state index contributed by atoms with van der Waals surface area (Å²) in [6, 6.07) is 4.51. The fraction of sp³-hybridized carbons (Fsp3) is 0.417. The number of pyridine rings is 1. The van der Waals surface area contributed by atoms with Gasteiger partial charge in [-0.15, -0.1) is 0 Å². The third-order valence-electron chi connectivity index (χ3n) is 3.12. The molecule has 1 saturated heterocycles. The Morgan fingerprint density at radius 1 is 1.56 bits per heavy atom. The topological polar surface area (TPSA) is 85.8 Å². The summed E-state index contributed by atoms with van der Waals surface area (Å²) in [5, 5.41) is 12.0. The van der Waals surface area contributed by atoms with Crippen LogP contribution in [-0.4, -0.2) is 39.8 Å². The van der Waals surface area contributed by atoms with Crippen LogP contribution in [-0.2, 0) is 0 Å². The van der Waals surface area contributed by atoms with Crippen LogP contribution in [0.15, 0.2) is 28.1 Å². The second-order valence-electron chi connectivity index (χ2n) is 4.42. The van der Waals surface area contributed by atoms with E-state index in [1.54, 1.807) is 17.0 Å². The number of rotatable bonds is 1. The van der Waals surface area contributed by atoms with Gasteiger partial charge in [-0.3, -0.25) is 9.59 Å². The number of hydrogen-bond donors (Lipinski definition) is 2. The van der Waals surface area contributed by atoms with Gasteiger partial charge in [0, 0.05) is 31.5 Å². The summed E-state index contributed by atoms with van der Waals surface area (Å²) in [5.74, 6) is -0.167. The van der Waals surface area contributed by atoms with E-state index in [1.165, 1.54) is 6.07 Å². The van der Waals surface area contributed by atoms with Crippen LogP contribution in [0, 0.1) is 5.92 Å². The number of aromatic amines is 1. The monoisotopic (exact) mass is 249 g/mol. The molecular weight excluding hydrogens is 234 g/mol. The molecule has 0 aromatic carbocycles. The van der Waals surface area contributed by atoms with E-state index in [4.69, 9.17) is 5.21 Å². The molecule has 2 heterocycles. The Balaban J connectivity index is 2.14. The Morgan fingerprint density at radius 2 is 2.33 bits per heavy atom. The van der Waals surface area contributed by atoms with Crippen LogP contribution < -0.4 is 5.56 Å². The number of hydrogen-bond acceptors (Lipinski definition) is 4. The maximum Gasteiger partial charge on any atom is 0.270 e. The van der Waals surface area contributed by atoms with Gasteiger partial charge in [0.2, 0.25) is 5.56 Å². The zero-order chi connectivity index (χ0) is 13.1. The summed E-state index contributed by atoms with van der Waals surface area (Å²) in [6.45, 7) is 2.90. The fourth-order valence-corrected chi connectivity index (χ4v) is 2.10. The SMILES string of the molecule is CC1CN(C(=O)c2cccc(=O)[nH]2)CC/C1=N\O. The maximum atomic E-state index is 12.1. The lowest BCUT2D eigenvalue weighted by Gasteiger charge is -2.31. The Kier molecular flexibility index (Phi) is 3.45. The van der Waals surface area contributed by atoms with Crippen molar-refractivity contribution in [2.75, 3.05) is 13.1 Å². The van der Waals surface area contributed by atoms with Crippen LogP contribution in [0.25, 0.3) is 0 Å². The first-order valence-corrected chi connectivity index (χ1v) is 5.81. The smallest absolute Gasteiger partial charge is 0.270 e. The maximum absolute atomic E-state index is 12.1. The molecule has 6 heteroatoms. The van der Waals surface area contributed by atoms with Crippen molar-refractivity contribution in [2.45, 2.75) is 13.3 Å². The van der Waals surface area contributed by atoms with E-state index in [-0.39, 0.29) is 17.4 Å². The molecule has 1 aliphatic rings. The molecule has 0 saturated carbocycles. The van der Waals surface area contributed by atoms with Crippen molar-refractivity contribution in [3.05, 3.63) is 34.2 Å². The van der Waals surface area contributed by atoms with Gasteiger partial charge in [0.25, 0.3) is 5.91 Å². The molecule has 0 radical (unpaired) electrons. The van der Waals surface area contributed by atoms with Gasteiger partial charge >= 0.3 is 0 Å². The zero-order valence-corrected chi connectivity index (χ0v) is 10.1. The summed E-state index contributed by atoms with van der Waals surface area (Å²) in [4.78, 5) is 27.5. The molecule has 0 bridgehead atoms. The number of nitrogens with one attached hydrogen (secondary N) is 1. The number of amides is 1. The highest BCUT2D eigenvalue weighted by Crippen LogP contribution is 2.15. The van der Waals surface area contributed by atoms with Crippen LogP contribution >= 0.6 is 0 Å². The molecular formula is C12H15N3O3. The predicted molar refractivity (Wildman–Crippen MR) is 66.0 cm³/mol. The summed E-state index contributed by atoms with van der Waals surface area (Å²) >= 11 is 0. The van der Waals surface area contributed by atoms with E-state index in [1.807, 2.05) is 6.92 Å². The van der Waals surface area contributed by atoms with Gasteiger partial charge in [-0.25, -0.2) is 0 Å². The molecule has 2 N–H and O–H groups in total. The Bertz CT molecular complexity index is 535. The summed E-state index contributed by atoms with van der Waals surface area (Å²) in [7, 11) is 0. The lowest BCUT2D eigenvalue weighted by atomic mass is 9.97. The second-order valence-corrected chi connectivity index (χ2v) is 4.42. The fourth-order valence-electron chi connectivity index (χ4n) is 2.10. The molecule has 1 atom stereocenters. The van der Waals surface area contributed by atoms with E-state index < -0.39 is 0 Å². The highest BCUT2D eigenvalue weighted by atomic mass is 16.4. The van der Waals surface area contributed by atoms with Crippen molar-refractivity contribution < 1.29 is 10.0 Å². The number of likely N-dealkylation sites (tertiary alicyclic amines) is 1. The van der Waals surface area contributed by atoms with Crippen molar-refractivity contribution in [1.82, 2.24) is 9.88 Å².